The van der Waals surface area contributed by atoms with E-state index in [0.29, 0.717) is 5.95 Å². The van der Waals surface area contributed by atoms with Crippen molar-refractivity contribution in [3.8, 4) is 0 Å². The Labute approximate surface area is 107 Å². The molecule has 5 heteroatoms. The molecule has 0 atom stereocenters. The third-order valence-corrected chi connectivity index (χ3v) is 3.15. The van der Waals surface area contributed by atoms with Crippen molar-refractivity contribution in [2.24, 2.45) is 5.41 Å². The Kier molecular flexibility index (Phi) is 3.52. The number of rotatable bonds is 5. The first-order chi connectivity index (χ1) is 8.53. The summed E-state index contributed by atoms with van der Waals surface area (Å²) in [5.74, 6) is 0.545. The minimum Gasteiger partial charge on any atom is -0.385 e. The monoisotopic (exact) mass is 248 g/mol. The lowest BCUT2D eigenvalue weighted by molar-refractivity contribution is 0.143. The molecule has 2 aromatic heterocycles. The summed E-state index contributed by atoms with van der Waals surface area (Å²) in [7, 11) is 1.72. The summed E-state index contributed by atoms with van der Waals surface area (Å²) in [6.07, 6.45) is 4.49. The lowest BCUT2D eigenvalue weighted by Gasteiger charge is -2.25. The minimum absolute atomic E-state index is 0.112. The lowest BCUT2D eigenvalue weighted by atomic mass is 9.89. The zero-order valence-electron chi connectivity index (χ0n) is 11.2. The fourth-order valence-electron chi connectivity index (χ4n) is 2.05. The Morgan fingerprint density at radius 1 is 1.44 bits per heavy atom. The zero-order chi connectivity index (χ0) is 13.2. The van der Waals surface area contributed by atoms with Crippen molar-refractivity contribution < 1.29 is 4.74 Å². The summed E-state index contributed by atoms with van der Waals surface area (Å²) in [4.78, 5) is 8.39. The molecule has 0 saturated heterocycles. The first-order valence-electron chi connectivity index (χ1n) is 6.08. The number of nitrogen functional groups attached to an aromatic ring is 1. The van der Waals surface area contributed by atoms with Gasteiger partial charge in [-0.3, -0.25) is 4.98 Å². The van der Waals surface area contributed by atoms with Crippen LogP contribution in [0.25, 0.3) is 11.0 Å². The van der Waals surface area contributed by atoms with Gasteiger partial charge in [0.25, 0.3) is 0 Å². The van der Waals surface area contributed by atoms with Gasteiger partial charge >= 0.3 is 0 Å². The largest absolute Gasteiger partial charge is 0.385 e. The summed E-state index contributed by atoms with van der Waals surface area (Å²) in [5.41, 5.74) is 7.97. The van der Waals surface area contributed by atoms with Crippen molar-refractivity contribution in [3.05, 3.63) is 18.5 Å². The zero-order valence-corrected chi connectivity index (χ0v) is 11.2. The first-order valence-corrected chi connectivity index (χ1v) is 6.08. The van der Waals surface area contributed by atoms with Gasteiger partial charge in [-0.25, -0.2) is 4.98 Å². The number of fused-ring (bicyclic) bond motifs is 1. The third-order valence-electron chi connectivity index (χ3n) is 3.15. The minimum atomic E-state index is 0.112. The number of nitrogens with zero attached hydrogens (tertiary/aromatic N) is 3. The van der Waals surface area contributed by atoms with Crippen LogP contribution in [0.3, 0.4) is 0 Å². The van der Waals surface area contributed by atoms with Crippen LogP contribution in [0.2, 0.25) is 0 Å². The summed E-state index contributed by atoms with van der Waals surface area (Å²) in [6, 6.07) is 1.95. The normalized spacial score (nSPS) is 12.2. The molecule has 0 aliphatic rings. The Balaban J connectivity index is 2.28. The van der Waals surface area contributed by atoms with E-state index in [2.05, 4.69) is 23.8 Å². The predicted molar refractivity (Wildman–Crippen MR) is 72.2 cm³/mol. The van der Waals surface area contributed by atoms with Crippen LogP contribution >= 0.6 is 0 Å². The van der Waals surface area contributed by atoms with Crippen molar-refractivity contribution in [1.82, 2.24) is 14.5 Å². The number of hydrogen-bond donors (Lipinski definition) is 1. The van der Waals surface area contributed by atoms with E-state index in [1.54, 1.807) is 19.5 Å². The van der Waals surface area contributed by atoms with E-state index in [0.717, 1.165) is 30.6 Å². The fourth-order valence-corrected chi connectivity index (χ4v) is 2.05. The number of anilines is 1. The number of pyridine rings is 1. The highest BCUT2D eigenvalue weighted by atomic mass is 16.5. The predicted octanol–water partition coefficient (Wildman–Crippen LogP) is 2.08. The first kappa shape index (κ1) is 12.8. The number of aromatic nitrogens is 3. The average Bonchev–Trinajstić information content (AvgIpc) is 2.63. The van der Waals surface area contributed by atoms with E-state index in [1.165, 1.54) is 0 Å². The summed E-state index contributed by atoms with van der Waals surface area (Å²) < 4.78 is 7.20. The molecule has 0 radical (unpaired) electrons. The Hall–Kier alpha value is -1.62. The van der Waals surface area contributed by atoms with Gasteiger partial charge in [0.15, 0.2) is 0 Å². The van der Waals surface area contributed by atoms with Gasteiger partial charge in [0, 0.05) is 26.5 Å². The van der Waals surface area contributed by atoms with E-state index in [-0.39, 0.29) is 5.41 Å². The van der Waals surface area contributed by atoms with Crippen LogP contribution in [-0.4, -0.2) is 28.3 Å². The van der Waals surface area contributed by atoms with Crippen LogP contribution in [0.4, 0.5) is 5.95 Å². The standard InChI is InChI=1S/C13H20N4O/c1-13(2,5-7-18-3)9-17-11-4-6-15-8-10(11)16-12(17)14/h4,6,8H,5,7,9H2,1-3H3,(H2,14,16). The Bertz CT molecular complexity index is 533. The molecular weight excluding hydrogens is 228 g/mol. The number of methoxy groups -OCH3 is 1. The van der Waals surface area contributed by atoms with Gasteiger partial charge in [0.05, 0.1) is 11.7 Å². The topological polar surface area (TPSA) is 66.0 Å². The SMILES string of the molecule is COCCC(C)(C)Cn1c(N)nc2cnccc21. The van der Waals surface area contributed by atoms with E-state index < -0.39 is 0 Å². The number of ether oxygens (including phenoxy) is 1. The van der Waals surface area contributed by atoms with E-state index in [4.69, 9.17) is 10.5 Å². The quantitative estimate of drug-likeness (QED) is 0.879. The van der Waals surface area contributed by atoms with Crippen molar-refractivity contribution in [2.75, 3.05) is 19.5 Å². The summed E-state index contributed by atoms with van der Waals surface area (Å²) in [5, 5.41) is 0. The second-order valence-corrected chi connectivity index (χ2v) is 5.33. The van der Waals surface area contributed by atoms with Crippen LogP contribution in [-0.2, 0) is 11.3 Å². The molecular formula is C13H20N4O. The van der Waals surface area contributed by atoms with Crippen LogP contribution in [0.5, 0.6) is 0 Å². The van der Waals surface area contributed by atoms with E-state index in [1.807, 2.05) is 10.6 Å². The lowest BCUT2D eigenvalue weighted by Crippen LogP contribution is -2.22. The molecule has 98 valence electrons. The van der Waals surface area contributed by atoms with Crippen LogP contribution in [0.1, 0.15) is 20.3 Å². The molecule has 0 aliphatic heterocycles. The maximum Gasteiger partial charge on any atom is 0.201 e. The molecule has 0 fully saturated rings. The fraction of sp³-hybridized carbons (Fsp3) is 0.538. The second kappa shape index (κ2) is 4.94. The molecule has 0 amide bonds. The van der Waals surface area contributed by atoms with Gasteiger partial charge in [-0.15, -0.1) is 0 Å². The number of imidazole rings is 1. The molecule has 18 heavy (non-hydrogen) atoms. The van der Waals surface area contributed by atoms with Crippen LogP contribution in [0.15, 0.2) is 18.5 Å². The highest BCUT2D eigenvalue weighted by Crippen LogP contribution is 2.27. The van der Waals surface area contributed by atoms with Crippen LogP contribution in [0, 0.1) is 5.41 Å². The Morgan fingerprint density at radius 2 is 2.22 bits per heavy atom. The van der Waals surface area contributed by atoms with Crippen LogP contribution < -0.4 is 5.73 Å². The van der Waals surface area contributed by atoms with Gasteiger partial charge in [-0.2, -0.15) is 0 Å². The molecule has 0 spiro atoms. The highest BCUT2D eigenvalue weighted by Gasteiger charge is 2.21. The molecule has 0 unspecified atom stereocenters. The molecule has 5 nitrogen and oxygen atoms in total. The van der Waals surface area contributed by atoms with Crippen molar-refractivity contribution in [2.45, 2.75) is 26.8 Å². The molecule has 0 aliphatic carbocycles. The molecule has 0 saturated carbocycles. The molecule has 2 rings (SSSR count). The second-order valence-electron chi connectivity index (χ2n) is 5.33. The van der Waals surface area contributed by atoms with E-state index >= 15 is 0 Å². The molecule has 2 heterocycles. The van der Waals surface area contributed by atoms with Gasteiger partial charge in [0.1, 0.15) is 5.52 Å². The third kappa shape index (κ3) is 2.61. The van der Waals surface area contributed by atoms with Crippen molar-refractivity contribution in [3.63, 3.8) is 0 Å². The number of hydrogen-bond acceptors (Lipinski definition) is 4. The number of nitrogens with two attached hydrogens (primary N) is 1. The van der Waals surface area contributed by atoms with Crippen molar-refractivity contribution in [1.29, 1.82) is 0 Å². The average molecular weight is 248 g/mol. The maximum atomic E-state index is 5.98. The molecule has 0 aromatic carbocycles. The van der Waals surface area contributed by atoms with Crippen molar-refractivity contribution >= 4 is 17.0 Å². The maximum absolute atomic E-state index is 5.98. The summed E-state index contributed by atoms with van der Waals surface area (Å²) >= 11 is 0. The summed E-state index contributed by atoms with van der Waals surface area (Å²) in [6.45, 7) is 5.99. The van der Waals surface area contributed by atoms with Gasteiger partial charge < -0.3 is 15.0 Å². The Morgan fingerprint density at radius 3 is 2.94 bits per heavy atom. The highest BCUT2D eigenvalue weighted by molar-refractivity contribution is 5.77. The molecule has 2 aromatic rings. The van der Waals surface area contributed by atoms with Gasteiger partial charge in [-0.05, 0) is 17.9 Å². The molecule has 2 N–H and O–H groups in total. The molecule has 0 bridgehead atoms. The smallest absolute Gasteiger partial charge is 0.201 e. The van der Waals surface area contributed by atoms with Gasteiger partial charge in [-0.1, -0.05) is 13.8 Å². The van der Waals surface area contributed by atoms with Gasteiger partial charge in [0.2, 0.25) is 5.95 Å². The van der Waals surface area contributed by atoms with E-state index in [9.17, 15) is 0 Å².